The number of hydrogen-bond donors (Lipinski definition) is 2. The molecule has 0 saturated heterocycles. The van der Waals surface area contributed by atoms with Crippen molar-refractivity contribution in [1.29, 1.82) is 0 Å². The number of H-pyrrole nitrogens is 1. The first-order chi connectivity index (χ1) is 14.2. The molecule has 4 N–H and O–H groups in total. The number of fused-ring (bicyclic) bond motifs is 5. The summed E-state index contributed by atoms with van der Waals surface area (Å²) in [5.74, 6) is 1.16. The molecule has 0 amide bonds. The van der Waals surface area contributed by atoms with E-state index in [9.17, 15) is 0 Å². The monoisotopic (exact) mass is 390 g/mol. The number of aromatic amines is 1. The second kappa shape index (κ2) is 7.59. The number of pyridine rings is 1. The van der Waals surface area contributed by atoms with Gasteiger partial charge in [-0.3, -0.25) is 4.68 Å². The van der Waals surface area contributed by atoms with Crippen LogP contribution in [0.1, 0.15) is 55.0 Å². The maximum absolute atomic E-state index is 9.08. The Morgan fingerprint density at radius 3 is 2.97 bits per heavy atom. The zero-order chi connectivity index (χ0) is 19.8. The van der Waals surface area contributed by atoms with Crippen LogP contribution in [0.4, 0.5) is 5.69 Å². The van der Waals surface area contributed by atoms with Gasteiger partial charge in [0.25, 0.3) is 0 Å². The molecule has 2 atom stereocenters. The average molecular weight is 391 g/mol. The lowest BCUT2D eigenvalue weighted by Gasteiger charge is -2.34. The van der Waals surface area contributed by atoms with Gasteiger partial charge >= 0.3 is 0 Å². The van der Waals surface area contributed by atoms with Crippen LogP contribution in [0, 0.1) is 5.92 Å². The number of aliphatic hydroxyl groups excluding tert-OH is 1. The standard InChI is InChI=1S/C23H27N5O/c24-23-19-6-1-2-7-20(19)25-21-12-16-9-15(10-17(11-16)22(21)23)5-3-4-8-28-13-18(14-29)26-27-28/h1-2,6-7,9,13,16-17,29H,3-5,8,10-12,14H2,(H2,24,25)/p+1. The normalized spacial score (nSPS) is 20.5. The van der Waals surface area contributed by atoms with Gasteiger partial charge in [0, 0.05) is 24.6 Å². The molecule has 2 heterocycles. The topological polar surface area (TPSA) is 91.1 Å². The third kappa shape index (κ3) is 3.53. The number of aliphatic hydroxyl groups is 1. The number of nitrogens with two attached hydrogens (primary N) is 1. The Morgan fingerprint density at radius 1 is 1.21 bits per heavy atom. The molecule has 6 heteroatoms. The molecule has 6 nitrogen and oxygen atoms in total. The van der Waals surface area contributed by atoms with Gasteiger partial charge in [0.05, 0.1) is 23.9 Å². The maximum Gasteiger partial charge on any atom is 0.213 e. The minimum absolute atomic E-state index is 0.0486. The van der Waals surface area contributed by atoms with E-state index in [-0.39, 0.29) is 6.61 Å². The van der Waals surface area contributed by atoms with Crippen LogP contribution in [0.25, 0.3) is 10.9 Å². The Bertz CT molecular complexity index is 1070. The molecule has 2 aliphatic carbocycles. The highest BCUT2D eigenvalue weighted by molar-refractivity contribution is 5.90. The van der Waals surface area contributed by atoms with Gasteiger partial charge < -0.3 is 10.8 Å². The van der Waals surface area contributed by atoms with E-state index < -0.39 is 0 Å². The fourth-order valence-corrected chi connectivity index (χ4v) is 5.18. The van der Waals surface area contributed by atoms with Crippen LogP contribution >= 0.6 is 0 Å². The number of nitrogens with zero attached hydrogens (tertiary/aromatic N) is 3. The fraction of sp³-hybridized carbons (Fsp3) is 0.435. The van der Waals surface area contributed by atoms with Gasteiger partial charge in [-0.2, -0.15) is 0 Å². The van der Waals surface area contributed by atoms with Crippen molar-refractivity contribution in [2.24, 2.45) is 5.92 Å². The van der Waals surface area contributed by atoms with E-state index in [0.29, 0.717) is 17.5 Å². The number of anilines is 1. The van der Waals surface area contributed by atoms with Gasteiger partial charge in [-0.15, -0.1) is 5.10 Å². The largest absolute Gasteiger partial charge is 0.398 e. The summed E-state index contributed by atoms with van der Waals surface area (Å²) < 4.78 is 1.83. The number of allylic oxidation sites excluding steroid dienone is 2. The van der Waals surface area contributed by atoms with Gasteiger partial charge in [-0.25, -0.2) is 4.98 Å². The Morgan fingerprint density at radius 2 is 2.10 bits per heavy atom. The Balaban J connectivity index is 1.26. The fourth-order valence-electron chi connectivity index (χ4n) is 5.18. The molecule has 150 valence electrons. The summed E-state index contributed by atoms with van der Waals surface area (Å²) in [6.07, 6.45) is 11.1. The van der Waals surface area contributed by atoms with E-state index in [1.807, 2.05) is 10.9 Å². The molecule has 3 aromatic rings. The van der Waals surface area contributed by atoms with Crippen molar-refractivity contribution in [2.75, 3.05) is 5.73 Å². The molecule has 0 saturated carbocycles. The van der Waals surface area contributed by atoms with Crippen LogP contribution in [-0.2, 0) is 19.6 Å². The first-order valence-electron chi connectivity index (χ1n) is 10.6. The molecule has 2 bridgehead atoms. The van der Waals surface area contributed by atoms with Gasteiger partial charge in [-0.05, 0) is 50.0 Å². The van der Waals surface area contributed by atoms with E-state index in [1.165, 1.54) is 17.7 Å². The number of hydrogen-bond acceptors (Lipinski definition) is 4. The molecule has 0 radical (unpaired) electrons. The number of rotatable bonds is 6. The van der Waals surface area contributed by atoms with Crippen LogP contribution in [0.5, 0.6) is 0 Å². The smallest absolute Gasteiger partial charge is 0.213 e. The Kier molecular flexibility index (Phi) is 4.79. The molecule has 0 aliphatic heterocycles. The SMILES string of the molecule is Nc1c2c([nH+]c3ccccc13)CC1C=C(CCCCn3cc(CO)nn3)CC2C1. The lowest BCUT2D eigenvalue weighted by atomic mass is 9.70. The molecule has 0 fully saturated rings. The predicted octanol–water partition coefficient (Wildman–Crippen LogP) is 3.17. The van der Waals surface area contributed by atoms with Crippen molar-refractivity contribution < 1.29 is 10.1 Å². The highest BCUT2D eigenvalue weighted by atomic mass is 16.3. The van der Waals surface area contributed by atoms with E-state index in [0.717, 1.165) is 55.2 Å². The summed E-state index contributed by atoms with van der Waals surface area (Å²) in [5.41, 5.74) is 13.7. The van der Waals surface area contributed by atoms with Crippen molar-refractivity contribution in [1.82, 2.24) is 15.0 Å². The van der Waals surface area contributed by atoms with Crippen LogP contribution in [0.2, 0.25) is 0 Å². The van der Waals surface area contributed by atoms with Crippen LogP contribution in [-0.4, -0.2) is 20.1 Å². The first kappa shape index (κ1) is 18.3. The highest BCUT2D eigenvalue weighted by Crippen LogP contribution is 2.46. The molecular formula is C23H28N5O+. The van der Waals surface area contributed by atoms with Crippen molar-refractivity contribution in [3.05, 3.63) is 59.1 Å². The van der Waals surface area contributed by atoms with Crippen molar-refractivity contribution in [3.8, 4) is 0 Å². The summed E-state index contributed by atoms with van der Waals surface area (Å²) in [5, 5.41) is 18.2. The first-order valence-corrected chi connectivity index (χ1v) is 10.6. The lowest BCUT2D eigenvalue weighted by molar-refractivity contribution is -0.360. The van der Waals surface area contributed by atoms with Crippen molar-refractivity contribution in [2.45, 2.75) is 57.6 Å². The third-order valence-electron chi connectivity index (χ3n) is 6.44. The number of benzene rings is 1. The van der Waals surface area contributed by atoms with Crippen LogP contribution in [0.15, 0.2) is 42.1 Å². The molecule has 29 heavy (non-hydrogen) atoms. The molecule has 2 aliphatic rings. The molecule has 2 unspecified atom stereocenters. The summed E-state index contributed by atoms with van der Waals surface area (Å²) in [6.45, 7) is 0.802. The molecule has 1 aromatic carbocycles. The zero-order valence-electron chi connectivity index (χ0n) is 16.6. The van der Waals surface area contributed by atoms with E-state index in [2.05, 4.69) is 45.6 Å². The second-order valence-electron chi connectivity index (χ2n) is 8.49. The van der Waals surface area contributed by atoms with Crippen molar-refractivity contribution >= 4 is 16.6 Å². The summed E-state index contributed by atoms with van der Waals surface area (Å²) in [7, 11) is 0. The van der Waals surface area contributed by atoms with E-state index in [4.69, 9.17) is 10.8 Å². The van der Waals surface area contributed by atoms with Crippen LogP contribution < -0.4 is 10.7 Å². The van der Waals surface area contributed by atoms with Gasteiger partial charge in [0.1, 0.15) is 5.69 Å². The van der Waals surface area contributed by atoms with Crippen LogP contribution in [0.3, 0.4) is 0 Å². The number of nitrogen functional groups attached to an aromatic ring is 1. The second-order valence-corrected chi connectivity index (χ2v) is 8.49. The summed E-state index contributed by atoms with van der Waals surface area (Å²) in [6, 6.07) is 8.38. The van der Waals surface area contributed by atoms with E-state index in [1.54, 1.807) is 5.57 Å². The minimum atomic E-state index is -0.0486. The number of aryl methyl sites for hydroxylation is 1. The molecule has 0 spiro atoms. The number of unbranched alkanes of at least 4 members (excludes halogenated alkanes) is 1. The highest BCUT2D eigenvalue weighted by Gasteiger charge is 2.36. The maximum atomic E-state index is 9.08. The summed E-state index contributed by atoms with van der Waals surface area (Å²) >= 11 is 0. The van der Waals surface area contributed by atoms with Gasteiger partial charge in [0.2, 0.25) is 5.52 Å². The quantitative estimate of drug-likeness (QED) is 0.500. The third-order valence-corrected chi connectivity index (χ3v) is 6.44. The minimum Gasteiger partial charge on any atom is -0.398 e. The molecule has 2 aromatic heterocycles. The molecular weight excluding hydrogens is 362 g/mol. The van der Waals surface area contributed by atoms with E-state index >= 15 is 0 Å². The average Bonchev–Trinajstić information content (AvgIpc) is 3.19. The van der Waals surface area contributed by atoms with Crippen molar-refractivity contribution in [3.63, 3.8) is 0 Å². The Labute approximate surface area is 170 Å². The van der Waals surface area contributed by atoms with Gasteiger partial charge in [0.15, 0.2) is 5.69 Å². The number of para-hydroxylation sites is 1. The number of nitrogens with one attached hydrogen (secondary N) is 1. The lowest BCUT2D eigenvalue weighted by Crippen LogP contribution is -2.30. The predicted molar refractivity (Wildman–Crippen MR) is 112 cm³/mol. The molecule has 5 rings (SSSR count). The summed E-state index contributed by atoms with van der Waals surface area (Å²) in [4.78, 5) is 3.67. The zero-order valence-corrected chi connectivity index (χ0v) is 16.6. The van der Waals surface area contributed by atoms with Gasteiger partial charge in [-0.1, -0.05) is 29.0 Å². The Hall–Kier alpha value is -2.73. The number of aromatic nitrogens is 4.